The molecule has 1 aromatic rings. The van der Waals surface area contributed by atoms with Crippen molar-refractivity contribution in [3.8, 4) is 0 Å². The van der Waals surface area contributed by atoms with E-state index in [0.29, 0.717) is 11.3 Å². The smallest absolute Gasteiger partial charge is 0.185 e. The Labute approximate surface area is 104 Å². The topological polar surface area (TPSA) is 30.7 Å². The van der Waals surface area contributed by atoms with Crippen LogP contribution in [-0.2, 0) is 7.05 Å². The van der Waals surface area contributed by atoms with Gasteiger partial charge in [-0.25, -0.2) is 9.67 Å². The quantitative estimate of drug-likeness (QED) is 0.631. The number of hydrogen-bond acceptors (Lipinski definition) is 3. The summed E-state index contributed by atoms with van der Waals surface area (Å²) in [6.45, 7) is 6.82. The van der Waals surface area contributed by atoms with Crippen LogP contribution in [0.5, 0.6) is 0 Å². The van der Waals surface area contributed by atoms with E-state index in [-0.39, 0.29) is 0 Å². The van der Waals surface area contributed by atoms with E-state index in [1.54, 1.807) is 18.1 Å². The molecule has 0 saturated heterocycles. The average Bonchev–Trinajstić information content (AvgIpc) is 2.50. The first-order valence-corrected chi connectivity index (χ1v) is 7.08. The van der Waals surface area contributed by atoms with E-state index in [1.807, 2.05) is 11.7 Å². The maximum absolute atomic E-state index is 4.20. The number of aryl methyl sites for hydroxylation is 1. The number of hydrogen-bond donors (Lipinski definition) is 0. The zero-order valence-electron chi connectivity index (χ0n) is 9.70. The van der Waals surface area contributed by atoms with Crippen molar-refractivity contribution in [1.82, 2.24) is 14.8 Å². The minimum atomic E-state index is 0.328. The Morgan fingerprint density at radius 2 is 2.20 bits per heavy atom. The van der Waals surface area contributed by atoms with Crippen molar-refractivity contribution in [3.05, 3.63) is 6.33 Å². The van der Waals surface area contributed by atoms with Crippen molar-refractivity contribution < 1.29 is 0 Å². The van der Waals surface area contributed by atoms with Gasteiger partial charge in [-0.1, -0.05) is 48.5 Å². The first kappa shape index (κ1) is 13.0. The van der Waals surface area contributed by atoms with E-state index in [2.05, 4.69) is 46.8 Å². The van der Waals surface area contributed by atoms with E-state index >= 15 is 0 Å². The third-order valence-electron chi connectivity index (χ3n) is 2.49. The van der Waals surface area contributed by atoms with Crippen LogP contribution in [-0.4, -0.2) is 25.8 Å². The lowest BCUT2D eigenvalue weighted by Crippen LogP contribution is -2.24. The van der Waals surface area contributed by atoms with Crippen LogP contribution in [0.3, 0.4) is 0 Å². The molecule has 1 unspecified atom stereocenters. The Balaban J connectivity index is 2.52. The van der Waals surface area contributed by atoms with Crippen molar-refractivity contribution in [2.75, 3.05) is 11.1 Å². The van der Waals surface area contributed by atoms with Crippen molar-refractivity contribution in [1.29, 1.82) is 0 Å². The Morgan fingerprint density at radius 3 is 2.60 bits per heavy atom. The summed E-state index contributed by atoms with van der Waals surface area (Å²) in [4.78, 5) is 4.20. The number of halogens is 1. The van der Waals surface area contributed by atoms with Crippen LogP contribution in [0.25, 0.3) is 0 Å². The summed E-state index contributed by atoms with van der Waals surface area (Å²) in [6, 6.07) is 0. The molecule has 1 rings (SSSR count). The van der Waals surface area contributed by atoms with E-state index in [9.17, 15) is 0 Å². The van der Waals surface area contributed by atoms with Gasteiger partial charge in [0.15, 0.2) is 5.16 Å². The van der Waals surface area contributed by atoms with E-state index < -0.39 is 0 Å². The minimum Gasteiger partial charge on any atom is -0.244 e. The first-order valence-electron chi connectivity index (χ1n) is 4.98. The summed E-state index contributed by atoms with van der Waals surface area (Å²) in [6.07, 6.45) is 1.60. The highest BCUT2D eigenvalue weighted by atomic mass is 79.9. The highest BCUT2D eigenvalue weighted by molar-refractivity contribution is 9.09. The fraction of sp³-hybridized carbons (Fsp3) is 0.800. The molecule has 1 heterocycles. The van der Waals surface area contributed by atoms with Crippen LogP contribution < -0.4 is 0 Å². The van der Waals surface area contributed by atoms with Crippen LogP contribution in [0, 0.1) is 11.3 Å². The molecule has 0 radical (unpaired) electrons. The zero-order valence-corrected chi connectivity index (χ0v) is 12.1. The summed E-state index contributed by atoms with van der Waals surface area (Å²) in [5, 5.41) is 6.08. The van der Waals surface area contributed by atoms with Gasteiger partial charge in [0.25, 0.3) is 0 Å². The van der Waals surface area contributed by atoms with Crippen molar-refractivity contribution in [2.45, 2.75) is 25.9 Å². The lowest BCUT2D eigenvalue weighted by Gasteiger charge is -2.28. The summed E-state index contributed by atoms with van der Waals surface area (Å²) < 4.78 is 1.82. The molecule has 0 aliphatic rings. The van der Waals surface area contributed by atoms with Gasteiger partial charge < -0.3 is 0 Å². The average molecular weight is 292 g/mol. The second kappa shape index (κ2) is 5.34. The summed E-state index contributed by atoms with van der Waals surface area (Å²) in [5.74, 6) is 1.71. The largest absolute Gasteiger partial charge is 0.244 e. The number of rotatable bonds is 4. The van der Waals surface area contributed by atoms with Crippen LogP contribution in [0.2, 0.25) is 0 Å². The molecule has 0 aliphatic heterocycles. The van der Waals surface area contributed by atoms with Crippen LogP contribution in [0.4, 0.5) is 0 Å². The van der Waals surface area contributed by atoms with Gasteiger partial charge >= 0.3 is 0 Å². The van der Waals surface area contributed by atoms with Gasteiger partial charge in [-0.05, 0) is 11.3 Å². The lowest BCUT2D eigenvalue weighted by atomic mass is 9.83. The predicted molar refractivity (Wildman–Crippen MR) is 68.5 cm³/mol. The highest BCUT2D eigenvalue weighted by Gasteiger charge is 2.24. The Morgan fingerprint density at radius 1 is 1.53 bits per heavy atom. The van der Waals surface area contributed by atoms with Gasteiger partial charge in [0, 0.05) is 18.1 Å². The van der Waals surface area contributed by atoms with Crippen molar-refractivity contribution in [3.63, 3.8) is 0 Å². The molecule has 1 aromatic heterocycles. The van der Waals surface area contributed by atoms with Gasteiger partial charge in [-0.3, -0.25) is 0 Å². The van der Waals surface area contributed by atoms with Gasteiger partial charge in [-0.15, -0.1) is 0 Å². The normalized spacial score (nSPS) is 14.2. The highest BCUT2D eigenvalue weighted by Crippen LogP contribution is 2.32. The molecule has 3 nitrogen and oxygen atoms in total. The molecule has 15 heavy (non-hydrogen) atoms. The minimum absolute atomic E-state index is 0.328. The molecule has 0 fully saturated rings. The summed E-state index contributed by atoms with van der Waals surface area (Å²) in [7, 11) is 1.93. The van der Waals surface area contributed by atoms with Gasteiger partial charge in [-0.2, -0.15) is 5.10 Å². The molecular formula is C10H18BrN3S. The van der Waals surface area contributed by atoms with E-state index in [4.69, 9.17) is 0 Å². The van der Waals surface area contributed by atoms with Gasteiger partial charge in [0.1, 0.15) is 6.33 Å². The summed E-state index contributed by atoms with van der Waals surface area (Å²) in [5.41, 5.74) is 0.328. The zero-order chi connectivity index (χ0) is 11.5. The molecule has 5 heteroatoms. The summed E-state index contributed by atoms with van der Waals surface area (Å²) >= 11 is 5.35. The molecule has 1 atom stereocenters. The molecule has 0 aromatic carbocycles. The third kappa shape index (κ3) is 3.79. The standard InChI is InChI=1S/C10H18BrN3S/c1-10(2,3)8(5-11)6-15-9-12-7-13-14(9)4/h7-8H,5-6H2,1-4H3. The van der Waals surface area contributed by atoms with Crippen LogP contribution in [0.15, 0.2) is 11.5 Å². The Hall–Kier alpha value is -0.0300. The van der Waals surface area contributed by atoms with Gasteiger partial charge in [0.05, 0.1) is 0 Å². The lowest BCUT2D eigenvalue weighted by molar-refractivity contribution is 0.295. The predicted octanol–water partition coefficient (Wildman–Crippen LogP) is 2.96. The third-order valence-corrected chi connectivity index (χ3v) is 4.47. The molecule has 0 N–H and O–H groups in total. The second-order valence-corrected chi connectivity index (χ2v) is 6.33. The van der Waals surface area contributed by atoms with Crippen LogP contribution >= 0.6 is 27.7 Å². The van der Waals surface area contributed by atoms with Crippen molar-refractivity contribution >= 4 is 27.7 Å². The number of alkyl halides is 1. The molecule has 0 bridgehead atoms. The maximum Gasteiger partial charge on any atom is 0.185 e. The number of thioether (sulfide) groups is 1. The second-order valence-electron chi connectivity index (χ2n) is 4.69. The monoisotopic (exact) mass is 291 g/mol. The Bertz CT molecular complexity index is 306. The first-order chi connectivity index (χ1) is 6.95. The molecule has 0 aliphatic carbocycles. The molecule has 0 spiro atoms. The molecule has 86 valence electrons. The fourth-order valence-electron chi connectivity index (χ4n) is 1.12. The van der Waals surface area contributed by atoms with Crippen LogP contribution in [0.1, 0.15) is 20.8 Å². The molecular weight excluding hydrogens is 274 g/mol. The maximum atomic E-state index is 4.20. The fourth-order valence-corrected chi connectivity index (χ4v) is 3.94. The number of aromatic nitrogens is 3. The van der Waals surface area contributed by atoms with E-state index in [0.717, 1.165) is 16.2 Å². The SMILES string of the molecule is Cn1ncnc1SCC(CBr)C(C)(C)C. The van der Waals surface area contributed by atoms with Gasteiger partial charge in [0.2, 0.25) is 0 Å². The van der Waals surface area contributed by atoms with Crippen molar-refractivity contribution in [2.24, 2.45) is 18.4 Å². The van der Waals surface area contributed by atoms with E-state index in [1.165, 1.54) is 0 Å². The molecule has 0 saturated carbocycles. The molecule has 0 amide bonds. The Kier molecular flexibility index (Phi) is 4.64. The number of nitrogens with zero attached hydrogens (tertiary/aromatic N) is 3.